The highest BCUT2D eigenvalue weighted by atomic mass is 16.4. The third-order valence-electron chi connectivity index (χ3n) is 3.90. The predicted octanol–water partition coefficient (Wildman–Crippen LogP) is 3.46. The fraction of sp³-hybridized carbons (Fsp3) is 0.211. The predicted molar refractivity (Wildman–Crippen MR) is 91.6 cm³/mol. The van der Waals surface area contributed by atoms with Gasteiger partial charge in [-0.05, 0) is 41.3 Å². The molecule has 3 aromatic rings. The largest absolute Gasteiger partial charge is 0.423 e. The van der Waals surface area contributed by atoms with E-state index in [2.05, 4.69) is 18.3 Å². The third-order valence-corrected chi connectivity index (χ3v) is 3.90. The summed E-state index contributed by atoms with van der Waals surface area (Å²) < 4.78 is 5.32. The Hall–Kier alpha value is -2.59. The fourth-order valence-corrected chi connectivity index (χ4v) is 2.62. The number of aryl methyl sites for hydroxylation is 1. The van der Waals surface area contributed by atoms with E-state index in [0.717, 1.165) is 34.2 Å². The van der Waals surface area contributed by atoms with Gasteiger partial charge in [0.15, 0.2) is 0 Å². The number of benzene rings is 2. The van der Waals surface area contributed by atoms with Gasteiger partial charge in [0.2, 0.25) is 0 Å². The van der Waals surface area contributed by atoms with E-state index < -0.39 is 0 Å². The topological polar surface area (TPSA) is 62.5 Å². The van der Waals surface area contributed by atoms with Crippen molar-refractivity contribution >= 4 is 16.7 Å². The van der Waals surface area contributed by atoms with Crippen LogP contribution >= 0.6 is 0 Å². The molecule has 0 bridgehead atoms. The van der Waals surface area contributed by atoms with Crippen LogP contribution in [0.1, 0.15) is 23.6 Å². The highest BCUT2D eigenvalue weighted by Gasteiger charge is 2.06. The summed E-state index contributed by atoms with van der Waals surface area (Å²) in [5.41, 5.74) is 4.07. The average Bonchev–Trinajstić information content (AvgIpc) is 2.59. The van der Waals surface area contributed by atoms with Crippen molar-refractivity contribution in [3.05, 3.63) is 75.6 Å². The third kappa shape index (κ3) is 3.43. The lowest BCUT2D eigenvalue weighted by Gasteiger charge is -2.10. The van der Waals surface area contributed by atoms with E-state index in [1.165, 1.54) is 6.07 Å². The van der Waals surface area contributed by atoms with Crippen LogP contribution in [0.2, 0.25) is 0 Å². The summed E-state index contributed by atoms with van der Waals surface area (Å²) in [4.78, 5) is 11.8. The van der Waals surface area contributed by atoms with Crippen molar-refractivity contribution in [1.29, 1.82) is 0 Å². The molecule has 0 aliphatic rings. The number of hydrogen-bond acceptors (Lipinski definition) is 4. The molecule has 0 aliphatic heterocycles. The van der Waals surface area contributed by atoms with Crippen LogP contribution < -0.4 is 10.9 Å². The monoisotopic (exact) mass is 309 g/mol. The Morgan fingerprint density at radius 2 is 1.96 bits per heavy atom. The van der Waals surface area contributed by atoms with Gasteiger partial charge in [-0.2, -0.15) is 0 Å². The summed E-state index contributed by atoms with van der Waals surface area (Å²) in [6.07, 6.45) is 0.899. The molecule has 4 nitrogen and oxygen atoms in total. The SMILES string of the molecule is CCc1ccc2c(CNc3cccc(CO)c3)cc(=O)oc2c1. The average molecular weight is 309 g/mol. The van der Waals surface area contributed by atoms with Crippen LogP contribution in [0.15, 0.2) is 57.7 Å². The summed E-state index contributed by atoms with van der Waals surface area (Å²) in [7, 11) is 0. The quantitative estimate of drug-likeness (QED) is 0.709. The Labute approximate surface area is 134 Å². The van der Waals surface area contributed by atoms with Crippen LogP contribution in [-0.4, -0.2) is 5.11 Å². The van der Waals surface area contributed by atoms with E-state index >= 15 is 0 Å². The molecule has 0 aliphatic carbocycles. The van der Waals surface area contributed by atoms with E-state index in [0.29, 0.717) is 12.1 Å². The molecule has 23 heavy (non-hydrogen) atoms. The second-order valence-electron chi connectivity index (χ2n) is 5.49. The van der Waals surface area contributed by atoms with E-state index in [-0.39, 0.29) is 12.2 Å². The van der Waals surface area contributed by atoms with Gasteiger partial charge < -0.3 is 14.8 Å². The molecule has 0 amide bonds. The molecule has 0 radical (unpaired) electrons. The van der Waals surface area contributed by atoms with E-state index in [9.17, 15) is 9.90 Å². The first-order chi connectivity index (χ1) is 11.2. The van der Waals surface area contributed by atoms with Crippen molar-refractivity contribution in [2.75, 3.05) is 5.32 Å². The zero-order valence-electron chi connectivity index (χ0n) is 13.0. The van der Waals surface area contributed by atoms with Gasteiger partial charge in [-0.1, -0.05) is 31.2 Å². The van der Waals surface area contributed by atoms with Crippen molar-refractivity contribution in [2.45, 2.75) is 26.5 Å². The van der Waals surface area contributed by atoms with Crippen molar-refractivity contribution in [1.82, 2.24) is 0 Å². The lowest BCUT2D eigenvalue weighted by molar-refractivity contribution is 0.282. The Balaban J connectivity index is 1.91. The molecule has 0 saturated carbocycles. The highest BCUT2D eigenvalue weighted by molar-refractivity contribution is 5.81. The number of hydrogen-bond donors (Lipinski definition) is 2. The van der Waals surface area contributed by atoms with Crippen molar-refractivity contribution < 1.29 is 9.52 Å². The lowest BCUT2D eigenvalue weighted by Crippen LogP contribution is -2.06. The maximum Gasteiger partial charge on any atom is 0.336 e. The normalized spacial score (nSPS) is 10.9. The molecule has 3 rings (SSSR count). The number of nitrogens with one attached hydrogen (secondary N) is 1. The molecule has 118 valence electrons. The van der Waals surface area contributed by atoms with Crippen molar-refractivity contribution in [3.63, 3.8) is 0 Å². The number of fused-ring (bicyclic) bond motifs is 1. The number of rotatable bonds is 5. The minimum absolute atomic E-state index is 0.00711. The number of aliphatic hydroxyl groups is 1. The Bertz CT molecular complexity index is 883. The molecule has 0 spiro atoms. The smallest absolute Gasteiger partial charge is 0.336 e. The Morgan fingerprint density at radius 3 is 2.74 bits per heavy atom. The maximum absolute atomic E-state index is 11.8. The maximum atomic E-state index is 11.8. The van der Waals surface area contributed by atoms with Gasteiger partial charge in [-0.25, -0.2) is 4.79 Å². The molecular weight excluding hydrogens is 290 g/mol. The van der Waals surface area contributed by atoms with Crippen LogP contribution in [0.25, 0.3) is 11.0 Å². The van der Waals surface area contributed by atoms with Crippen LogP contribution in [0.3, 0.4) is 0 Å². The van der Waals surface area contributed by atoms with Crippen LogP contribution in [0.4, 0.5) is 5.69 Å². The number of aliphatic hydroxyl groups excluding tert-OH is 1. The zero-order valence-corrected chi connectivity index (χ0v) is 13.0. The summed E-state index contributed by atoms with van der Waals surface area (Å²) in [5.74, 6) is 0. The van der Waals surface area contributed by atoms with Gasteiger partial charge >= 0.3 is 5.63 Å². The minimum atomic E-state index is -0.341. The van der Waals surface area contributed by atoms with Crippen molar-refractivity contribution in [3.8, 4) is 0 Å². The summed E-state index contributed by atoms with van der Waals surface area (Å²) in [6, 6.07) is 15.1. The van der Waals surface area contributed by atoms with Crippen molar-refractivity contribution in [2.24, 2.45) is 0 Å². The van der Waals surface area contributed by atoms with Gasteiger partial charge in [0.05, 0.1) is 6.61 Å². The van der Waals surface area contributed by atoms with Gasteiger partial charge in [0.1, 0.15) is 5.58 Å². The fourth-order valence-electron chi connectivity index (χ4n) is 2.62. The van der Waals surface area contributed by atoms with Gasteiger partial charge in [-0.3, -0.25) is 0 Å². The van der Waals surface area contributed by atoms with E-state index in [1.807, 2.05) is 36.4 Å². The summed E-state index contributed by atoms with van der Waals surface area (Å²) in [6.45, 7) is 2.59. The molecule has 0 atom stereocenters. The van der Waals surface area contributed by atoms with Gasteiger partial charge in [-0.15, -0.1) is 0 Å². The first-order valence-electron chi connectivity index (χ1n) is 7.69. The first-order valence-corrected chi connectivity index (χ1v) is 7.69. The Kier molecular flexibility index (Phi) is 4.44. The zero-order chi connectivity index (χ0) is 16.2. The molecule has 0 fully saturated rings. The standard InChI is InChI=1S/C19H19NO3/c1-2-13-6-7-17-15(10-19(22)23-18(17)9-13)11-20-16-5-3-4-14(8-16)12-21/h3-10,20-21H,2,11-12H2,1H3. The van der Waals surface area contributed by atoms with Crippen LogP contribution in [-0.2, 0) is 19.6 Å². The molecule has 1 aromatic heterocycles. The van der Waals surface area contributed by atoms with Crippen LogP contribution in [0, 0.1) is 0 Å². The highest BCUT2D eigenvalue weighted by Crippen LogP contribution is 2.20. The van der Waals surface area contributed by atoms with Gasteiger partial charge in [0, 0.05) is 23.7 Å². The second-order valence-corrected chi connectivity index (χ2v) is 5.49. The molecule has 0 unspecified atom stereocenters. The first kappa shape index (κ1) is 15.3. The number of anilines is 1. The minimum Gasteiger partial charge on any atom is -0.423 e. The molecule has 4 heteroatoms. The molecule has 0 saturated heterocycles. The molecular formula is C19H19NO3. The molecule has 1 heterocycles. The summed E-state index contributed by atoms with van der Waals surface area (Å²) >= 11 is 0. The lowest BCUT2D eigenvalue weighted by atomic mass is 10.1. The van der Waals surface area contributed by atoms with Crippen LogP contribution in [0.5, 0.6) is 0 Å². The Morgan fingerprint density at radius 1 is 1.09 bits per heavy atom. The van der Waals surface area contributed by atoms with E-state index in [4.69, 9.17) is 4.42 Å². The van der Waals surface area contributed by atoms with E-state index in [1.54, 1.807) is 0 Å². The molecule has 2 aromatic carbocycles. The van der Waals surface area contributed by atoms with Gasteiger partial charge in [0.25, 0.3) is 0 Å². The molecule has 2 N–H and O–H groups in total. The second kappa shape index (κ2) is 6.67. The summed E-state index contributed by atoms with van der Waals surface area (Å²) in [5, 5.41) is 13.4.